The Kier molecular flexibility index (Phi) is 18.3. The zero-order chi connectivity index (χ0) is 36.2. The second kappa shape index (κ2) is 21.2. The van der Waals surface area contributed by atoms with Crippen molar-refractivity contribution in [1.29, 1.82) is 0 Å². The smallest absolute Gasteiger partial charge is 0.407 e. The second-order valence-corrected chi connectivity index (χ2v) is 11.8. The van der Waals surface area contributed by atoms with E-state index in [0.717, 1.165) is 0 Å². The van der Waals surface area contributed by atoms with Crippen LogP contribution in [0.3, 0.4) is 0 Å². The van der Waals surface area contributed by atoms with E-state index >= 15 is 0 Å². The van der Waals surface area contributed by atoms with Crippen LogP contribution in [0, 0.1) is 10.1 Å². The molecule has 0 spiro atoms. The van der Waals surface area contributed by atoms with E-state index in [1.807, 2.05) is 20.8 Å². The first-order valence-electron chi connectivity index (χ1n) is 15.2. The quantitative estimate of drug-likeness (QED) is 0.0896. The summed E-state index contributed by atoms with van der Waals surface area (Å²) in [6.07, 6.45) is -0.952. The number of nitrogens with two attached hydrogens (primary N) is 1. The zero-order valence-electron chi connectivity index (χ0n) is 29.0. The number of carbonyl (C=O) groups excluding carboxylic acids is 2. The number of hydrogen-bond acceptors (Lipinski definition) is 13. The number of nitrogens with one attached hydrogen (secondary N) is 2. The minimum absolute atomic E-state index is 0.0753. The third-order valence-corrected chi connectivity index (χ3v) is 5.35. The monoisotopic (exact) mass is 682 g/mol. The van der Waals surface area contributed by atoms with E-state index in [1.54, 1.807) is 46.1 Å². The Balaban J connectivity index is 0.000000482. The predicted octanol–water partition coefficient (Wildman–Crippen LogP) is 4.72. The van der Waals surface area contributed by atoms with Gasteiger partial charge in [0.1, 0.15) is 24.4 Å². The van der Waals surface area contributed by atoms with Gasteiger partial charge in [-0.05, 0) is 59.7 Å². The molecule has 16 nitrogen and oxygen atoms in total. The lowest BCUT2D eigenvalue weighted by atomic mass is 10.2. The average molecular weight is 683 g/mol. The maximum absolute atomic E-state index is 11.4. The number of ether oxygens (including phenoxy) is 8. The standard InChI is InChI=1S/C16H24N2O7.C16H26N2O5/c1-16(2,3)25-15(19)17-7-8-23-9-10-24-13-6-5-12(18(20)21)11-14(13)22-4;1-16(2,3)23-15(19)18-7-8-21-9-10-22-13-6-5-12(17)11-14(13)20-4/h5-6,11H,7-10H2,1-4H3,(H,17,19);5-6,11H,7-10,17H2,1-4H3,(H,18,19). The minimum Gasteiger partial charge on any atom is -0.493 e. The van der Waals surface area contributed by atoms with Crippen molar-refractivity contribution in [2.75, 3.05) is 72.7 Å². The molecule has 0 bridgehead atoms. The van der Waals surface area contributed by atoms with Gasteiger partial charge in [-0.25, -0.2) is 9.59 Å². The van der Waals surface area contributed by atoms with Gasteiger partial charge in [-0.15, -0.1) is 0 Å². The van der Waals surface area contributed by atoms with Gasteiger partial charge < -0.3 is 54.3 Å². The van der Waals surface area contributed by atoms with Crippen LogP contribution < -0.4 is 35.3 Å². The van der Waals surface area contributed by atoms with Gasteiger partial charge in [0.15, 0.2) is 23.0 Å². The highest BCUT2D eigenvalue weighted by Crippen LogP contribution is 2.31. The van der Waals surface area contributed by atoms with E-state index in [0.29, 0.717) is 62.5 Å². The van der Waals surface area contributed by atoms with Crippen LogP contribution in [0.4, 0.5) is 21.0 Å². The Morgan fingerprint density at radius 2 is 1.12 bits per heavy atom. The summed E-state index contributed by atoms with van der Waals surface area (Å²) in [7, 11) is 2.96. The Bertz CT molecular complexity index is 1280. The summed E-state index contributed by atoms with van der Waals surface area (Å²) in [6, 6.07) is 9.29. The molecule has 270 valence electrons. The molecule has 0 aromatic heterocycles. The van der Waals surface area contributed by atoms with Crippen LogP contribution in [0.15, 0.2) is 36.4 Å². The fraction of sp³-hybridized carbons (Fsp3) is 0.562. The summed E-state index contributed by atoms with van der Waals surface area (Å²) < 4.78 is 42.2. The minimum atomic E-state index is -0.539. The normalized spacial score (nSPS) is 10.9. The van der Waals surface area contributed by atoms with Gasteiger partial charge in [-0.2, -0.15) is 0 Å². The van der Waals surface area contributed by atoms with Crippen LogP contribution in [0.5, 0.6) is 23.0 Å². The molecule has 48 heavy (non-hydrogen) atoms. The highest BCUT2D eigenvalue weighted by atomic mass is 16.6. The van der Waals surface area contributed by atoms with Gasteiger partial charge in [0.2, 0.25) is 0 Å². The molecule has 0 saturated carbocycles. The lowest BCUT2D eigenvalue weighted by molar-refractivity contribution is -0.385. The van der Waals surface area contributed by atoms with Crippen LogP contribution >= 0.6 is 0 Å². The topological polar surface area (TPSA) is 201 Å². The van der Waals surface area contributed by atoms with Gasteiger partial charge in [0.25, 0.3) is 5.69 Å². The molecule has 0 aliphatic heterocycles. The molecule has 0 saturated heterocycles. The Morgan fingerprint density at radius 1 is 0.688 bits per heavy atom. The van der Waals surface area contributed by atoms with E-state index in [9.17, 15) is 19.7 Å². The van der Waals surface area contributed by atoms with Gasteiger partial charge in [0, 0.05) is 30.9 Å². The predicted molar refractivity (Wildman–Crippen MR) is 178 cm³/mol. The number of carbonyl (C=O) groups is 2. The molecule has 0 aliphatic carbocycles. The van der Waals surface area contributed by atoms with Crippen molar-refractivity contribution in [3.8, 4) is 23.0 Å². The van der Waals surface area contributed by atoms with Crippen molar-refractivity contribution >= 4 is 23.6 Å². The number of anilines is 1. The molecule has 16 heteroatoms. The second-order valence-electron chi connectivity index (χ2n) is 11.8. The molecule has 0 fully saturated rings. The van der Waals surface area contributed by atoms with Crippen molar-refractivity contribution in [1.82, 2.24) is 10.6 Å². The number of methoxy groups -OCH3 is 2. The van der Waals surface area contributed by atoms with Crippen molar-refractivity contribution in [2.45, 2.75) is 52.7 Å². The third-order valence-electron chi connectivity index (χ3n) is 5.35. The molecule has 2 aromatic rings. The molecule has 2 amide bonds. The Labute approximate surface area is 281 Å². The van der Waals surface area contributed by atoms with Crippen molar-refractivity contribution in [3.05, 3.63) is 46.5 Å². The maximum Gasteiger partial charge on any atom is 0.407 e. The number of nitro benzene ring substituents is 1. The number of non-ortho nitro benzene ring substituents is 1. The summed E-state index contributed by atoms with van der Waals surface area (Å²) in [6.45, 7) is 13.4. The maximum atomic E-state index is 11.4. The first kappa shape index (κ1) is 41.3. The molecule has 4 N–H and O–H groups in total. The molecule has 0 aliphatic rings. The fourth-order valence-corrected chi connectivity index (χ4v) is 3.40. The fourth-order valence-electron chi connectivity index (χ4n) is 3.40. The molecule has 2 aromatic carbocycles. The number of alkyl carbamates (subject to hydrolysis) is 2. The first-order chi connectivity index (χ1) is 22.5. The molecule has 0 radical (unpaired) electrons. The zero-order valence-corrected chi connectivity index (χ0v) is 29.0. The molecule has 2 rings (SSSR count). The summed E-state index contributed by atoms with van der Waals surface area (Å²) in [5.41, 5.74) is 5.16. The third kappa shape index (κ3) is 19.1. The van der Waals surface area contributed by atoms with Crippen molar-refractivity contribution in [3.63, 3.8) is 0 Å². The lowest BCUT2D eigenvalue weighted by Gasteiger charge is -2.19. The number of rotatable bonds is 17. The van der Waals surface area contributed by atoms with Crippen LogP contribution in [0.2, 0.25) is 0 Å². The van der Waals surface area contributed by atoms with Crippen molar-refractivity contribution in [2.24, 2.45) is 0 Å². The largest absolute Gasteiger partial charge is 0.493 e. The highest BCUT2D eigenvalue weighted by molar-refractivity contribution is 5.68. The van der Waals surface area contributed by atoms with E-state index in [1.165, 1.54) is 25.3 Å². The SMILES string of the molecule is COc1cc(N)ccc1OCCOCCNC(=O)OC(C)(C)C.COc1cc([N+](=O)[O-])ccc1OCCOCCNC(=O)OC(C)(C)C. The van der Waals surface area contributed by atoms with Crippen LogP contribution in [0.25, 0.3) is 0 Å². The Hall–Kier alpha value is -4.70. The summed E-state index contributed by atoms with van der Waals surface area (Å²) in [5.74, 6) is 1.86. The van der Waals surface area contributed by atoms with E-state index in [4.69, 9.17) is 43.6 Å². The van der Waals surface area contributed by atoms with Gasteiger partial charge in [-0.3, -0.25) is 10.1 Å². The summed E-state index contributed by atoms with van der Waals surface area (Å²) in [4.78, 5) is 33.0. The highest BCUT2D eigenvalue weighted by Gasteiger charge is 2.16. The molecular formula is C32H50N4O12. The number of amides is 2. The van der Waals surface area contributed by atoms with E-state index < -0.39 is 28.3 Å². The molecule has 0 atom stereocenters. The van der Waals surface area contributed by atoms with Crippen LogP contribution in [-0.2, 0) is 18.9 Å². The molecule has 0 unspecified atom stereocenters. The first-order valence-corrected chi connectivity index (χ1v) is 15.2. The number of benzene rings is 2. The van der Waals surface area contributed by atoms with Crippen LogP contribution in [0.1, 0.15) is 41.5 Å². The number of hydrogen-bond donors (Lipinski definition) is 3. The van der Waals surface area contributed by atoms with E-state index in [-0.39, 0.29) is 24.7 Å². The number of nitrogen functional groups attached to an aromatic ring is 1. The van der Waals surface area contributed by atoms with Crippen molar-refractivity contribution < 1.29 is 52.4 Å². The van der Waals surface area contributed by atoms with Crippen LogP contribution in [-0.4, -0.2) is 95.3 Å². The number of nitro groups is 1. The van der Waals surface area contributed by atoms with Gasteiger partial charge in [0.05, 0.1) is 51.6 Å². The van der Waals surface area contributed by atoms with Gasteiger partial charge >= 0.3 is 12.2 Å². The lowest BCUT2D eigenvalue weighted by Crippen LogP contribution is -2.34. The molecule has 0 heterocycles. The summed E-state index contributed by atoms with van der Waals surface area (Å²) >= 11 is 0. The average Bonchev–Trinajstić information content (AvgIpc) is 2.99. The van der Waals surface area contributed by atoms with Gasteiger partial charge in [-0.1, -0.05) is 0 Å². The summed E-state index contributed by atoms with van der Waals surface area (Å²) in [5, 5.41) is 15.9. The van der Waals surface area contributed by atoms with E-state index in [2.05, 4.69) is 10.6 Å². The number of nitrogens with zero attached hydrogens (tertiary/aromatic N) is 1. The Morgan fingerprint density at radius 3 is 1.54 bits per heavy atom. The molecular weight excluding hydrogens is 632 g/mol.